The van der Waals surface area contributed by atoms with E-state index in [0.717, 1.165) is 0 Å². The van der Waals surface area contributed by atoms with Gasteiger partial charge in [-0.1, -0.05) is 0 Å². The van der Waals surface area contributed by atoms with Gasteiger partial charge in [0.2, 0.25) is 11.8 Å². The molecule has 0 aromatic heterocycles. The summed E-state index contributed by atoms with van der Waals surface area (Å²) >= 11 is 3.76. The standard InChI is InChI=1S/C7H14N2O2S/c1-3-9(2)7(11)4-8-6(10)5-12/h12H,3-5H2,1-2H3,(H,8,10). The number of hydrogen-bond acceptors (Lipinski definition) is 3. The van der Waals surface area contributed by atoms with Gasteiger partial charge < -0.3 is 10.2 Å². The van der Waals surface area contributed by atoms with Crippen molar-refractivity contribution in [3.05, 3.63) is 0 Å². The van der Waals surface area contributed by atoms with Gasteiger partial charge in [0.15, 0.2) is 0 Å². The number of carbonyl (C=O) groups is 2. The zero-order chi connectivity index (χ0) is 9.56. The Kier molecular flexibility index (Phi) is 5.53. The summed E-state index contributed by atoms with van der Waals surface area (Å²) in [6, 6.07) is 0. The second-order valence-electron chi connectivity index (χ2n) is 2.34. The van der Waals surface area contributed by atoms with Crippen LogP contribution in [-0.4, -0.2) is 42.6 Å². The van der Waals surface area contributed by atoms with Gasteiger partial charge in [0.05, 0.1) is 12.3 Å². The van der Waals surface area contributed by atoms with Gasteiger partial charge in [0.25, 0.3) is 0 Å². The maximum absolute atomic E-state index is 11.1. The molecule has 0 bridgehead atoms. The Bertz CT molecular complexity index is 173. The van der Waals surface area contributed by atoms with Crippen LogP contribution in [0.1, 0.15) is 6.92 Å². The first-order chi connectivity index (χ1) is 5.61. The Hall–Kier alpha value is -0.710. The fourth-order valence-corrected chi connectivity index (χ4v) is 0.653. The molecule has 12 heavy (non-hydrogen) atoms. The van der Waals surface area contributed by atoms with E-state index >= 15 is 0 Å². The summed E-state index contributed by atoms with van der Waals surface area (Å²) in [4.78, 5) is 23.3. The number of likely N-dealkylation sites (N-methyl/N-ethyl adjacent to an activating group) is 1. The second-order valence-corrected chi connectivity index (χ2v) is 2.66. The van der Waals surface area contributed by atoms with E-state index in [0.29, 0.717) is 6.54 Å². The lowest BCUT2D eigenvalue weighted by Gasteiger charge is -2.14. The molecule has 0 unspecified atom stereocenters. The van der Waals surface area contributed by atoms with Crippen LogP contribution in [0.25, 0.3) is 0 Å². The minimum Gasteiger partial charge on any atom is -0.346 e. The first kappa shape index (κ1) is 11.3. The average Bonchev–Trinajstić information content (AvgIpc) is 2.11. The van der Waals surface area contributed by atoms with Gasteiger partial charge in [-0.2, -0.15) is 12.6 Å². The van der Waals surface area contributed by atoms with E-state index in [1.54, 1.807) is 11.9 Å². The molecule has 2 amide bonds. The van der Waals surface area contributed by atoms with Crippen LogP contribution in [-0.2, 0) is 9.59 Å². The molecule has 0 aliphatic rings. The number of thiol groups is 1. The molecule has 70 valence electrons. The second kappa shape index (κ2) is 5.88. The molecular formula is C7H14N2O2S. The van der Waals surface area contributed by atoms with Crippen LogP contribution in [0.15, 0.2) is 0 Å². The number of nitrogens with one attached hydrogen (secondary N) is 1. The molecule has 0 aliphatic carbocycles. The zero-order valence-electron chi connectivity index (χ0n) is 7.33. The smallest absolute Gasteiger partial charge is 0.241 e. The van der Waals surface area contributed by atoms with Crippen LogP contribution in [0.3, 0.4) is 0 Å². The summed E-state index contributed by atoms with van der Waals surface area (Å²) in [5.41, 5.74) is 0. The van der Waals surface area contributed by atoms with Gasteiger partial charge in [-0.25, -0.2) is 0 Å². The van der Waals surface area contributed by atoms with Crippen molar-refractivity contribution in [2.75, 3.05) is 25.9 Å². The Morgan fingerprint density at radius 1 is 1.50 bits per heavy atom. The minimum absolute atomic E-state index is 0.0593. The highest BCUT2D eigenvalue weighted by Gasteiger charge is 2.06. The highest BCUT2D eigenvalue weighted by atomic mass is 32.1. The van der Waals surface area contributed by atoms with E-state index in [1.165, 1.54) is 0 Å². The van der Waals surface area contributed by atoms with Crippen molar-refractivity contribution in [3.63, 3.8) is 0 Å². The van der Waals surface area contributed by atoms with Crippen molar-refractivity contribution in [2.45, 2.75) is 6.92 Å². The fourth-order valence-electron chi connectivity index (χ4n) is 0.541. The van der Waals surface area contributed by atoms with Gasteiger partial charge >= 0.3 is 0 Å². The molecule has 1 N–H and O–H groups in total. The van der Waals surface area contributed by atoms with Gasteiger partial charge in [-0.05, 0) is 6.92 Å². The Morgan fingerprint density at radius 2 is 2.08 bits per heavy atom. The highest BCUT2D eigenvalue weighted by molar-refractivity contribution is 7.81. The van der Waals surface area contributed by atoms with Crippen LogP contribution in [0.2, 0.25) is 0 Å². The molecule has 0 saturated carbocycles. The number of hydrogen-bond donors (Lipinski definition) is 2. The van der Waals surface area contributed by atoms with E-state index in [2.05, 4.69) is 17.9 Å². The first-order valence-corrected chi connectivity index (χ1v) is 4.36. The fraction of sp³-hybridized carbons (Fsp3) is 0.714. The molecule has 0 rings (SSSR count). The van der Waals surface area contributed by atoms with E-state index in [1.807, 2.05) is 6.92 Å². The summed E-state index contributed by atoms with van der Waals surface area (Å²) in [5.74, 6) is -0.202. The van der Waals surface area contributed by atoms with Crippen LogP contribution in [0.5, 0.6) is 0 Å². The molecule has 0 spiro atoms. The monoisotopic (exact) mass is 190 g/mol. The zero-order valence-corrected chi connectivity index (χ0v) is 8.23. The van der Waals surface area contributed by atoms with E-state index in [9.17, 15) is 9.59 Å². The van der Waals surface area contributed by atoms with Crippen LogP contribution >= 0.6 is 12.6 Å². The van der Waals surface area contributed by atoms with Crippen molar-refractivity contribution < 1.29 is 9.59 Å². The molecule has 0 aliphatic heterocycles. The van der Waals surface area contributed by atoms with Gasteiger partial charge in [0.1, 0.15) is 0 Å². The van der Waals surface area contributed by atoms with Crippen molar-refractivity contribution in [1.82, 2.24) is 10.2 Å². The predicted octanol–water partition coefficient (Wildman–Crippen LogP) is -0.489. The molecule has 0 aromatic rings. The van der Waals surface area contributed by atoms with Crippen LogP contribution in [0.4, 0.5) is 0 Å². The predicted molar refractivity (Wildman–Crippen MR) is 50.2 cm³/mol. The molecule has 0 heterocycles. The van der Waals surface area contributed by atoms with Gasteiger partial charge in [-0.3, -0.25) is 9.59 Å². The van der Waals surface area contributed by atoms with Gasteiger partial charge in [0, 0.05) is 13.6 Å². The van der Waals surface area contributed by atoms with Crippen molar-refractivity contribution in [3.8, 4) is 0 Å². The molecule has 0 saturated heterocycles. The third-order valence-corrected chi connectivity index (χ3v) is 1.77. The molecular weight excluding hydrogens is 176 g/mol. The number of amides is 2. The normalized spacial score (nSPS) is 9.25. The Balaban J connectivity index is 3.64. The van der Waals surface area contributed by atoms with E-state index in [-0.39, 0.29) is 24.1 Å². The first-order valence-electron chi connectivity index (χ1n) is 3.73. The molecule has 0 radical (unpaired) electrons. The van der Waals surface area contributed by atoms with Crippen LogP contribution in [0, 0.1) is 0 Å². The summed E-state index contributed by atoms with van der Waals surface area (Å²) in [6.07, 6.45) is 0. The average molecular weight is 190 g/mol. The Labute approximate surface area is 77.7 Å². The maximum Gasteiger partial charge on any atom is 0.241 e. The number of carbonyl (C=O) groups excluding carboxylic acids is 2. The largest absolute Gasteiger partial charge is 0.346 e. The lowest BCUT2D eigenvalue weighted by molar-refractivity contribution is -0.131. The number of nitrogens with zero attached hydrogens (tertiary/aromatic N) is 1. The quantitative estimate of drug-likeness (QED) is 0.588. The summed E-state index contributed by atoms with van der Waals surface area (Å²) in [6.45, 7) is 2.58. The van der Waals surface area contributed by atoms with E-state index < -0.39 is 0 Å². The lowest BCUT2D eigenvalue weighted by Crippen LogP contribution is -2.38. The van der Waals surface area contributed by atoms with Crippen molar-refractivity contribution >= 4 is 24.4 Å². The molecule has 5 heteroatoms. The Morgan fingerprint density at radius 3 is 2.50 bits per heavy atom. The maximum atomic E-state index is 11.1. The van der Waals surface area contributed by atoms with Crippen molar-refractivity contribution in [2.24, 2.45) is 0 Å². The third-order valence-electron chi connectivity index (χ3n) is 1.48. The SMILES string of the molecule is CCN(C)C(=O)CNC(=O)CS. The molecule has 0 aromatic carbocycles. The third kappa shape index (κ3) is 4.23. The molecule has 0 fully saturated rings. The lowest BCUT2D eigenvalue weighted by atomic mass is 10.5. The molecule has 4 nitrogen and oxygen atoms in total. The summed E-state index contributed by atoms with van der Waals surface area (Å²) < 4.78 is 0. The number of rotatable bonds is 4. The van der Waals surface area contributed by atoms with E-state index in [4.69, 9.17) is 0 Å². The topological polar surface area (TPSA) is 49.4 Å². The summed E-state index contributed by atoms with van der Waals surface area (Å²) in [7, 11) is 1.69. The van der Waals surface area contributed by atoms with Crippen molar-refractivity contribution in [1.29, 1.82) is 0 Å². The molecule has 0 atom stereocenters. The highest BCUT2D eigenvalue weighted by Crippen LogP contribution is 1.82. The minimum atomic E-state index is -0.226. The summed E-state index contributed by atoms with van der Waals surface area (Å²) in [5, 5.41) is 2.44. The van der Waals surface area contributed by atoms with Crippen LogP contribution < -0.4 is 5.32 Å². The van der Waals surface area contributed by atoms with Gasteiger partial charge in [-0.15, -0.1) is 0 Å².